The molecule has 3 aromatic heterocycles. The molecule has 3 aliphatic heterocycles. The number of amides is 3. The largest absolute Gasteiger partial charge is 0.469 e. The second-order valence-electron chi connectivity index (χ2n) is 18.4. The van der Waals surface area contributed by atoms with Gasteiger partial charge in [0.2, 0.25) is 11.8 Å². The summed E-state index contributed by atoms with van der Waals surface area (Å²) in [6, 6.07) is 14.1. The number of hydrogen-bond acceptors (Lipinski definition) is 9. The first-order chi connectivity index (χ1) is 30.9. The van der Waals surface area contributed by atoms with Gasteiger partial charge in [0.15, 0.2) is 6.23 Å². The summed E-state index contributed by atoms with van der Waals surface area (Å²) in [5, 5.41) is 4.34. The number of aromatic amines is 2. The van der Waals surface area contributed by atoms with Gasteiger partial charge >= 0.3 is 6.09 Å². The normalized spacial score (nSPS) is 22.5. The van der Waals surface area contributed by atoms with Crippen LogP contribution >= 0.6 is 0 Å². The van der Waals surface area contributed by atoms with Gasteiger partial charge in [0.05, 0.1) is 66.8 Å². The van der Waals surface area contributed by atoms with Crippen LogP contribution in [0.1, 0.15) is 96.7 Å². The third kappa shape index (κ3) is 7.82. The van der Waals surface area contributed by atoms with Crippen molar-refractivity contribution in [3.63, 3.8) is 0 Å². The lowest BCUT2D eigenvalue weighted by Crippen LogP contribution is -2.49. The minimum absolute atomic E-state index is 0.0754. The molecule has 0 spiro atoms. The van der Waals surface area contributed by atoms with E-state index in [2.05, 4.69) is 80.8 Å². The number of rotatable bonds is 13. The molecule has 6 heterocycles. The van der Waals surface area contributed by atoms with Crippen molar-refractivity contribution >= 4 is 35.0 Å². The molecule has 3 amide bonds. The molecule has 2 saturated heterocycles. The number of benzene rings is 2. The molecular weight excluding hydrogens is 811 g/mol. The van der Waals surface area contributed by atoms with Crippen LogP contribution in [0.4, 0.5) is 4.79 Å². The summed E-state index contributed by atoms with van der Waals surface area (Å²) >= 11 is 0. The van der Waals surface area contributed by atoms with Gasteiger partial charge in [-0.25, -0.2) is 14.8 Å². The van der Waals surface area contributed by atoms with Crippen LogP contribution in [-0.4, -0.2) is 98.0 Å². The van der Waals surface area contributed by atoms with Gasteiger partial charge in [0.25, 0.3) is 0 Å². The average molecular weight is 870 g/mol. The number of H-pyrrole nitrogens is 2. The molecule has 3 N–H and O–H groups in total. The third-order valence-electron chi connectivity index (χ3n) is 13.5. The highest BCUT2D eigenvalue weighted by atomic mass is 16.5. The predicted octanol–water partition coefficient (Wildman–Crippen LogP) is 8.60. The summed E-state index contributed by atoms with van der Waals surface area (Å²) in [5.41, 5.74) is 7.71. The second-order valence-corrected chi connectivity index (χ2v) is 18.4. The topological polar surface area (TPSA) is 172 Å². The number of nitrogens with one attached hydrogen (secondary N) is 3. The molecule has 9 rings (SSSR count). The number of methoxy groups -OCH3 is 2. The van der Waals surface area contributed by atoms with Crippen LogP contribution in [0, 0.1) is 23.7 Å². The van der Waals surface area contributed by atoms with Crippen molar-refractivity contribution in [3.05, 3.63) is 78.7 Å². The zero-order chi connectivity index (χ0) is 45.0. The lowest BCUT2D eigenvalue weighted by atomic mass is 9.90. The molecular formula is C49H59N9O6. The first-order valence-electron chi connectivity index (χ1n) is 22.6. The van der Waals surface area contributed by atoms with Gasteiger partial charge in [0, 0.05) is 54.4 Å². The number of aromatic nitrogens is 5. The molecule has 15 heteroatoms. The number of piperidine rings is 1. The molecule has 7 atom stereocenters. The molecule has 7 unspecified atom stereocenters. The number of fused-ring (bicyclic) bond motifs is 6. The van der Waals surface area contributed by atoms with Gasteiger partial charge in [-0.3, -0.25) is 14.9 Å². The van der Waals surface area contributed by atoms with Crippen molar-refractivity contribution in [2.75, 3.05) is 27.5 Å². The fourth-order valence-corrected chi connectivity index (χ4v) is 10.1. The van der Waals surface area contributed by atoms with Crippen LogP contribution in [0.5, 0.6) is 5.75 Å². The molecule has 1 saturated carbocycles. The number of likely N-dealkylation sites (tertiary alicyclic amines) is 2. The van der Waals surface area contributed by atoms with Crippen LogP contribution < -0.4 is 10.1 Å². The van der Waals surface area contributed by atoms with E-state index in [1.807, 2.05) is 49.9 Å². The molecule has 3 fully saturated rings. The van der Waals surface area contributed by atoms with Crippen LogP contribution in [-0.2, 0) is 19.1 Å². The average Bonchev–Trinajstić information content (AvgIpc) is 3.81. The minimum Gasteiger partial charge on any atom is -0.469 e. The van der Waals surface area contributed by atoms with E-state index in [1.165, 1.54) is 13.3 Å². The Morgan fingerprint density at radius 2 is 1.72 bits per heavy atom. The van der Waals surface area contributed by atoms with Gasteiger partial charge in [-0.2, -0.15) is 4.99 Å². The number of hydrogen-bond donors (Lipinski definition) is 3. The maximum absolute atomic E-state index is 14.3. The zero-order valence-corrected chi connectivity index (χ0v) is 37.8. The minimum atomic E-state index is -0.734. The van der Waals surface area contributed by atoms with Crippen LogP contribution in [0.2, 0.25) is 0 Å². The summed E-state index contributed by atoms with van der Waals surface area (Å²) in [6.07, 6.45) is 8.43. The standard InChI is InChI=1S/C49H59N9O6/c1-9-42-57-37-15-13-29(35-23-50-45(54-35)38-11-10-16-56(38)48(60)43(27(4)5)53-25-62-7)18-32(37)20-40(57)33-14-12-30(21-41(33)64-42)36-24-51-46(55-36)44-28(6)17-31-19-39(31)58(44)47(59)34(26(2)3)22-52-49(61)63-8/h12-15,18,20-24,26-27,31,34,38-39,42-44,53H,6,9-11,16-17,19,25H2,1-5,7-8H3,(H,50,54)(H,51,55). The van der Waals surface area contributed by atoms with E-state index in [4.69, 9.17) is 24.2 Å². The van der Waals surface area contributed by atoms with Crippen molar-refractivity contribution in [1.82, 2.24) is 39.6 Å². The van der Waals surface area contributed by atoms with Crippen molar-refractivity contribution in [3.8, 4) is 39.5 Å². The summed E-state index contributed by atoms with van der Waals surface area (Å²) in [7, 11) is 2.89. The fraction of sp³-hybridized carbons (Fsp3) is 0.469. The van der Waals surface area contributed by atoms with Crippen molar-refractivity contribution in [2.45, 2.75) is 97.1 Å². The quantitative estimate of drug-likeness (QED) is 0.0595. The highest BCUT2D eigenvalue weighted by Gasteiger charge is 2.53. The monoisotopic (exact) mass is 869 g/mol. The number of aliphatic imine (C=N–C) groups is 1. The van der Waals surface area contributed by atoms with Gasteiger partial charge in [-0.15, -0.1) is 0 Å². The van der Waals surface area contributed by atoms with E-state index in [0.29, 0.717) is 25.0 Å². The first kappa shape index (κ1) is 43.2. The summed E-state index contributed by atoms with van der Waals surface area (Å²) < 4.78 is 19.0. The second kappa shape index (κ2) is 17.5. The number of carbonyl (C=O) groups is 3. The summed E-state index contributed by atoms with van der Waals surface area (Å²) in [4.78, 5) is 64.4. The Kier molecular flexibility index (Phi) is 11.8. The van der Waals surface area contributed by atoms with Gasteiger partial charge in [-0.05, 0) is 79.3 Å². The van der Waals surface area contributed by atoms with Crippen LogP contribution in [0.25, 0.3) is 44.7 Å². The third-order valence-corrected chi connectivity index (χ3v) is 13.5. The van der Waals surface area contributed by atoms with Crippen molar-refractivity contribution < 1.29 is 28.6 Å². The zero-order valence-electron chi connectivity index (χ0n) is 37.8. The van der Waals surface area contributed by atoms with E-state index in [-0.39, 0.29) is 48.0 Å². The number of ether oxygens (including phenoxy) is 3. The summed E-state index contributed by atoms with van der Waals surface area (Å²) in [6.45, 7) is 15.6. The molecule has 5 aromatic rings. The van der Waals surface area contributed by atoms with Gasteiger partial charge < -0.3 is 38.5 Å². The Balaban J connectivity index is 0.970. The Morgan fingerprint density at radius 1 is 0.984 bits per heavy atom. The molecule has 2 aromatic carbocycles. The maximum Gasteiger partial charge on any atom is 0.432 e. The van der Waals surface area contributed by atoms with Gasteiger partial charge in [0.1, 0.15) is 23.4 Å². The molecule has 15 nitrogen and oxygen atoms in total. The highest BCUT2D eigenvalue weighted by molar-refractivity contribution is 5.97. The van der Waals surface area contributed by atoms with Crippen LogP contribution in [0.3, 0.4) is 0 Å². The molecule has 0 bridgehead atoms. The van der Waals surface area contributed by atoms with E-state index in [9.17, 15) is 14.4 Å². The van der Waals surface area contributed by atoms with E-state index in [0.717, 1.165) is 93.9 Å². The van der Waals surface area contributed by atoms with Crippen molar-refractivity contribution in [1.29, 1.82) is 0 Å². The van der Waals surface area contributed by atoms with E-state index < -0.39 is 18.1 Å². The first-order valence-corrected chi connectivity index (χ1v) is 22.6. The fourth-order valence-electron chi connectivity index (χ4n) is 10.1. The van der Waals surface area contributed by atoms with Crippen LogP contribution in [0.15, 0.2) is 72.0 Å². The molecule has 0 radical (unpaired) electrons. The van der Waals surface area contributed by atoms with E-state index >= 15 is 0 Å². The Morgan fingerprint density at radius 3 is 2.44 bits per heavy atom. The number of carbonyl (C=O) groups excluding carboxylic acids is 3. The van der Waals surface area contributed by atoms with E-state index in [1.54, 1.807) is 7.11 Å². The lowest BCUT2D eigenvalue weighted by Gasteiger charge is -2.38. The smallest absolute Gasteiger partial charge is 0.432 e. The molecule has 64 heavy (non-hydrogen) atoms. The van der Waals surface area contributed by atoms with Crippen molar-refractivity contribution in [2.24, 2.45) is 28.7 Å². The van der Waals surface area contributed by atoms with Gasteiger partial charge in [-0.1, -0.05) is 53.3 Å². The lowest BCUT2D eigenvalue weighted by molar-refractivity contribution is -0.138. The number of nitrogens with zero attached hydrogens (tertiary/aromatic N) is 6. The Hall–Kier alpha value is -6.06. The Labute approximate surface area is 373 Å². The Bertz CT molecular complexity index is 2620. The highest BCUT2D eigenvalue weighted by Crippen LogP contribution is 2.53. The SMILES string of the molecule is C=C1CC2CC2N(C(=O)C(C=NC(=O)OC)C(C)C)C1c1ncc(-c2ccc3c(c2)OC(CC)n2c-3cc3cc(-c4cnc(C5CCCN5C(=O)C(NCOC)C(C)C)[nH]4)ccc32)[nH]1. The summed E-state index contributed by atoms with van der Waals surface area (Å²) in [5.74, 6) is 2.01. The number of imidazole rings is 2. The molecule has 336 valence electrons. The molecule has 4 aliphatic rings. The predicted molar refractivity (Wildman–Crippen MR) is 244 cm³/mol. The maximum atomic E-state index is 14.3. The molecule has 1 aliphatic carbocycles.